The summed E-state index contributed by atoms with van der Waals surface area (Å²) in [6, 6.07) is 10.2. The molecule has 1 aliphatic carbocycles. The molecule has 6 nitrogen and oxygen atoms in total. The van der Waals surface area contributed by atoms with E-state index in [1.807, 2.05) is 29.8 Å². The molecule has 6 heteroatoms. The van der Waals surface area contributed by atoms with Gasteiger partial charge in [0.05, 0.1) is 6.54 Å². The Kier molecular flexibility index (Phi) is 4.42. The number of benzene rings is 1. The lowest BCUT2D eigenvalue weighted by atomic mass is 9.86. The summed E-state index contributed by atoms with van der Waals surface area (Å²) in [5.74, 6) is 1.87. The summed E-state index contributed by atoms with van der Waals surface area (Å²) in [6.45, 7) is 2.86. The maximum atomic E-state index is 4.50. The first-order chi connectivity index (χ1) is 12.3. The van der Waals surface area contributed by atoms with Crippen LogP contribution in [-0.4, -0.2) is 45.8 Å². The van der Waals surface area contributed by atoms with Gasteiger partial charge < -0.3 is 10.2 Å². The molecule has 2 heterocycles. The van der Waals surface area contributed by atoms with Gasteiger partial charge >= 0.3 is 0 Å². The van der Waals surface area contributed by atoms with Crippen LogP contribution < -0.4 is 5.32 Å². The zero-order chi connectivity index (χ0) is 17.1. The molecule has 1 spiro atoms. The van der Waals surface area contributed by atoms with E-state index in [1.165, 1.54) is 32.1 Å². The maximum Gasteiger partial charge on any atom is 0.194 e. The molecule has 0 atom stereocenters. The smallest absolute Gasteiger partial charge is 0.194 e. The van der Waals surface area contributed by atoms with Gasteiger partial charge in [-0.25, -0.2) is 0 Å². The molecule has 0 radical (unpaired) electrons. The van der Waals surface area contributed by atoms with E-state index < -0.39 is 0 Å². The molecule has 0 unspecified atom stereocenters. The highest BCUT2D eigenvalue weighted by atomic mass is 15.3. The van der Waals surface area contributed by atoms with Crippen molar-refractivity contribution in [2.45, 2.75) is 38.6 Å². The zero-order valence-corrected chi connectivity index (χ0v) is 14.9. The second-order valence-electron chi connectivity index (χ2n) is 7.23. The lowest BCUT2D eigenvalue weighted by Crippen LogP contribution is -2.41. The quantitative estimate of drug-likeness (QED) is 0.690. The summed E-state index contributed by atoms with van der Waals surface area (Å²) in [6.07, 6.45) is 8.60. The number of nitrogens with zero attached hydrogens (tertiary/aromatic N) is 5. The summed E-state index contributed by atoms with van der Waals surface area (Å²) < 4.78 is 2.02. The zero-order valence-electron chi connectivity index (χ0n) is 14.9. The van der Waals surface area contributed by atoms with E-state index in [1.54, 1.807) is 6.33 Å². The minimum absolute atomic E-state index is 0.543. The Bertz CT molecular complexity index is 729. The van der Waals surface area contributed by atoms with E-state index in [0.29, 0.717) is 12.0 Å². The van der Waals surface area contributed by atoms with Crippen LogP contribution in [-0.2, 0) is 6.54 Å². The third-order valence-corrected chi connectivity index (χ3v) is 5.67. The van der Waals surface area contributed by atoms with E-state index in [2.05, 4.69) is 37.5 Å². The van der Waals surface area contributed by atoms with Gasteiger partial charge in [-0.2, -0.15) is 0 Å². The molecule has 1 N–H and O–H groups in total. The van der Waals surface area contributed by atoms with Crippen molar-refractivity contribution in [2.24, 2.45) is 10.4 Å². The van der Waals surface area contributed by atoms with Crippen LogP contribution in [0.1, 0.15) is 37.9 Å². The monoisotopic (exact) mass is 338 g/mol. The average molecular weight is 338 g/mol. The van der Waals surface area contributed by atoms with Crippen molar-refractivity contribution in [1.29, 1.82) is 0 Å². The highest BCUT2D eigenvalue weighted by Crippen LogP contribution is 2.45. The van der Waals surface area contributed by atoms with Crippen LogP contribution in [0.3, 0.4) is 0 Å². The van der Waals surface area contributed by atoms with Crippen LogP contribution in [0.2, 0.25) is 0 Å². The third kappa shape index (κ3) is 3.25. The van der Waals surface area contributed by atoms with E-state index >= 15 is 0 Å². The number of rotatable bonds is 3. The molecule has 25 heavy (non-hydrogen) atoms. The topological polar surface area (TPSA) is 58.3 Å². The van der Waals surface area contributed by atoms with Crippen LogP contribution in [0.4, 0.5) is 0 Å². The van der Waals surface area contributed by atoms with Gasteiger partial charge in [0, 0.05) is 25.8 Å². The van der Waals surface area contributed by atoms with Gasteiger partial charge in [0.2, 0.25) is 0 Å². The SMILES string of the molecule is CN=C(NCc1nncn1-c1ccccc1)N1CCC2(CCCC2)C1. The summed E-state index contributed by atoms with van der Waals surface area (Å²) in [7, 11) is 1.86. The molecule has 132 valence electrons. The standard InChI is InChI=1S/C19H26N6/c1-20-18(24-12-11-19(14-24)9-5-6-10-19)21-13-17-23-22-15-25(17)16-7-3-2-4-8-16/h2-4,7-8,15H,5-6,9-14H2,1H3,(H,20,21). The minimum atomic E-state index is 0.543. The van der Waals surface area contributed by atoms with Gasteiger partial charge in [0.25, 0.3) is 0 Å². The van der Waals surface area contributed by atoms with Crippen LogP contribution >= 0.6 is 0 Å². The molecule has 1 aliphatic heterocycles. The molecule has 2 aromatic rings. The maximum absolute atomic E-state index is 4.50. The fourth-order valence-corrected chi connectivity index (χ4v) is 4.32. The Balaban J connectivity index is 1.42. The number of para-hydroxylation sites is 1. The van der Waals surface area contributed by atoms with Crippen molar-refractivity contribution < 1.29 is 0 Å². The first-order valence-corrected chi connectivity index (χ1v) is 9.20. The van der Waals surface area contributed by atoms with Crippen LogP contribution in [0.25, 0.3) is 5.69 Å². The van der Waals surface area contributed by atoms with Gasteiger partial charge in [-0.1, -0.05) is 31.0 Å². The predicted molar refractivity (Wildman–Crippen MR) is 98.6 cm³/mol. The van der Waals surface area contributed by atoms with E-state index in [-0.39, 0.29) is 0 Å². The largest absolute Gasteiger partial charge is 0.349 e. The van der Waals surface area contributed by atoms with Crippen molar-refractivity contribution in [2.75, 3.05) is 20.1 Å². The molecule has 1 saturated carbocycles. The number of guanidine groups is 1. The molecular formula is C19H26N6. The number of hydrogen-bond donors (Lipinski definition) is 1. The Labute approximate surface area is 149 Å². The number of aromatic nitrogens is 3. The van der Waals surface area contributed by atoms with Crippen LogP contribution in [0.15, 0.2) is 41.7 Å². The van der Waals surface area contributed by atoms with Gasteiger partial charge in [0.15, 0.2) is 11.8 Å². The average Bonchev–Trinajstić information content (AvgIpc) is 3.39. The second kappa shape index (κ2) is 6.86. The second-order valence-corrected chi connectivity index (χ2v) is 7.23. The fraction of sp³-hybridized carbons (Fsp3) is 0.526. The van der Waals surface area contributed by atoms with Gasteiger partial charge in [-0.05, 0) is 36.8 Å². The Morgan fingerprint density at radius 2 is 2.00 bits per heavy atom. The number of aliphatic imine (C=N–C) groups is 1. The van der Waals surface area contributed by atoms with Crippen LogP contribution in [0, 0.1) is 5.41 Å². The fourth-order valence-electron chi connectivity index (χ4n) is 4.32. The first-order valence-electron chi connectivity index (χ1n) is 9.20. The van der Waals surface area contributed by atoms with Gasteiger partial charge in [-0.3, -0.25) is 9.56 Å². The molecule has 1 saturated heterocycles. The van der Waals surface area contributed by atoms with Crippen molar-refractivity contribution in [3.05, 3.63) is 42.5 Å². The molecule has 0 amide bonds. The molecule has 2 fully saturated rings. The highest BCUT2D eigenvalue weighted by molar-refractivity contribution is 5.80. The first kappa shape index (κ1) is 16.1. The summed E-state index contributed by atoms with van der Waals surface area (Å²) in [5.41, 5.74) is 1.62. The Hall–Kier alpha value is -2.37. The molecule has 1 aromatic heterocycles. The van der Waals surface area contributed by atoms with Crippen molar-refractivity contribution >= 4 is 5.96 Å². The number of nitrogens with one attached hydrogen (secondary N) is 1. The van der Waals surface area contributed by atoms with Crippen molar-refractivity contribution in [3.8, 4) is 5.69 Å². The van der Waals surface area contributed by atoms with Crippen molar-refractivity contribution in [1.82, 2.24) is 25.0 Å². The van der Waals surface area contributed by atoms with E-state index in [4.69, 9.17) is 0 Å². The molecular weight excluding hydrogens is 312 g/mol. The predicted octanol–water partition coefficient (Wildman–Crippen LogP) is 2.61. The minimum Gasteiger partial charge on any atom is -0.349 e. The van der Waals surface area contributed by atoms with E-state index in [0.717, 1.165) is 30.6 Å². The van der Waals surface area contributed by atoms with Gasteiger partial charge in [0.1, 0.15) is 6.33 Å². The molecule has 1 aromatic carbocycles. The van der Waals surface area contributed by atoms with E-state index in [9.17, 15) is 0 Å². The molecule has 4 rings (SSSR count). The summed E-state index contributed by atoms with van der Waals surface area (Å²) >= 11 is 0. The number of likely N-dealkylation sites (tertiary alicyclic amines) is 1. The lowest BCUT2D eigenvalue weighted by molar-refractivity contribution is 0.309. The highest BCUT2D eigenvalue weighted by Gasteiger charge is 2.41. The summed E-state index contributed by atoms with van der Waals surface area (Å²) in [4.78, 5) is 6.91. The Morgan fingerprint density at radius 3 is 2.76 bits per heavy atom. The summed E-state index contributed by atoms with van der Waals surface area (Å²) in [5, 5.41) is 11.8. The van der Waals surface area contributed by atoms with Gasteiger partial charge in [-0.15, -0.1) is 10.2 Å². The Morgan fingerprint density at radius 1 is 1.20 bits per heavy atom. The molecule has 2 aliphatic rings. The lowest BCUT2D eigenvalue weighted by Gasteiger charge is -2.25. The van der Waals surface area contributed by atoms with Crippen LogP contribution in [0.5, 0.6) is 0 Å². The number of hydrogen-bond acceptors (Lipinski definition) is 3. The third-order valence-electron chi connectivity index (χ3n) is 5.67. The van der Waals surface area contributed by atoms with Crippen molar-refractivity contribution in [3.63, 3.8) is 0 Å². The normalized spacial score (nSPS) is 19.7. The molecule has 0 bridgehead atoms.